The van der Waals surface area contributed by atoms with Crippen LogP contribution >= 0.6 is 0 Å². The van der Waals surface area contributed by atoms with Crippen LogP contribution in [-0.4, -0.2) is 47.4 Å². The molecule has 10 heteroatoms. The van der Waals surface area contributed by atoms with E-state index in [-0.39, 0.29) is 11.4 Å². The monoisotopic (exact) mass is 518 g/mol. The molecule has 1 aliphatic heterocycles. The predicted molar refractivity (Wildman–Crippen MR) is 142 cm³/mol. The number of rotatable bonds is 9. The Kier molecular flexibility index (Phi) is 7.24. The first-order valence-electron chi connectivity index (χ1n) is 12.6. The molecule has 0 spiro atoms. The third-order valence-electron chi connectivity index (χ3n) is 6.68. The van der Waals surface area contributed by atoms with Crippen molar-refractivity contribution in [1.82, 2.24) is 25.4 Å². The smallest absolute Gasteiger partial charge is 0.165 e. The topological polar surface area (TPSA) is 98.4 Å². The highest BCUT2D eigenvalue weighted by Crippen LogP contribution is 2.38. The zero-order chi connectivity index (χ0) is 26.8. The molecule has 198 valence electrons. The summed E-state index contributed by atoms with van der Waals surface area (Å²) in [4.78, 5) is 16.4. The molecule has 4 heterocycles. The minimum atomic E-state index is -0.428. The summed E-state index contributed by atoms with van der Waals surface area (Å²) < 4.78 is 31.9. The molecule has 3 aromatic heterocycles. The Morgan fingerprint density at radius 2 is 1.95 bits per heavy atom. The molecule has 38 heavy (non-hydrogen) atoms. The molecule has 0 bridgehead atoms. The van der Waals surface area contributed by atoms with Gasteiger partial charge in [0.1, 0.15) is 28.9 Å². The van der Waals surface area contributed by atoms with Crippen LogP contribution in [0.5, 0.6) is 11.5 Å². The lowest BCUT2D eigenvalue weighted by molar-refractivity contribution is 0.309. The number of halogens is 1. The van der Waals surface area contributed by atoms with Crippen LogP contribution in [0.2, 0.25) is 0 Å². The molecule has 1 aromatic carbocycles. The van der Waals surface area contributed by atoms with E-state index in [1.807, 2.05) is 33.9 Å². The molecule has 0 radical (unpaired) electrons. The van der Waals surface area contributed by atoms with Gasteiger partial charge in [0.25, 0.3) is 0 Å². The number of aromatic nitrogens is 4. The van der Waals surface area contributed by atoms with Crippen molar-refractivity contribution in [1.29, 1.82) is 0 Å². The molecule has 5 rings (SSSR count). The SMILES string of the molecule is CNCCCOc1ccc(F)c(-c2nc(-c3c(C)noc3C)c(C)c(N3Cc4cc(OC)cnc4C3)n2)c1. The van der Waals surface area contributed by atoms with E-state index in [2.05, 4.69) is 20.4 Å². The van der Waals surface area contributed by atoms with Crippen molar-refractivity contribution in [2.75, 3.05) is 32.2 Å². The highest BCUT2D eigenvalue weighted by atomic mass is 19.1. The van der Waals surface area contributed by atoms with Crippen LogP contribution in [0.1, 0.15) is 34.7 Å². The van der Waals surface area contributed by atoms with Gasteiger partial charge in [-0.2, -0.15) is 0 Å². The number of anilines is 1. The van der Waals surface area contributed by atoms with Gasteiger partial charge < -0.3 is 24.2 Å². The largest absolute Gasteiger partial charge is 0.495 e. The number of hydrogen-bond donors (Lipinski definition) is 1. The fraction of sp³-hybridized carbons (Fsp3) is 0.357. The Morgan fingerprint density at radius 3 is 2.68 bits per heavy atom. The summed E-state index contributed by atoms with van der Waals surface area (Å²) >= 11 is 0. The number of hydrogen-bond acceptors (Lipinski definition) is 9. The van der Waals surface area contributed by atoms with Gasteiger partial charge in [0.15, 0.2) is 5.82 Å². The average molecular weight is 519 g/mol. The van der Waals surface area contributed by atoms with Crippen molar-refractivity contribution >= 4 is 5.82 Å². The lowest BCUT2D eigenvalue weighted by atomic mass is 10.0. The summed E-state index contributed by atoms with van der Waals surface area (Å²) in [6.07, 6.45) is 2.55. The van der Waals surface area contributed by atoms with Gasteiger partial charge in [-0.15, -0.1) is 0 Å². The maximum atomic E-state index is 15.2. The van der Waals surface area contributed by atoms with Gasteiger partial charge in [-0.1, -0.05) is 5.16 Å². The Labute approximate surface area is 221 Å². The second-order valence-electron chi connectivity index (χ2n) is 9.33. The Hall–Kier alpha value is -4.05. The standard InChI is InChI=1S/C28H31FN6O3/c1-16-26(25-17(2)34-38-18(25)3)32-27(22-12-20(7-8-23(22)29)37-10-6-9-30-4)33-28(16)35-14-19-11-21(36-5)13-31-24(19)15-35/h7-8,11-13,30H,6,9-10,14-15H2,1-5H3. The van der Waals surface area contributed by atoms with E-state index in [9.17, 15) is 0 Å². The summed E-state index contributed by atoms with van der Waals surface area (Å²) in [5, 5.41) is 7.21. The van der Waals surface area contributed by atoms with Gasteiger partial charge >= 0.3 is 0 Å². The van der Waals surface area contributed by atoms with Crippen LogP contribution < -0.4 is 19.7 Å². The van der Waals surface area contributed by atoms with Gasteiger partial charge in [0.2, 0.25) is 0 Å². The molecule has 0 aliphatic carbocycles. The fourth-order valence-electron chi connectivity index (χ4n) is 4.70. The van der Waals surface area contributed by atoms with Crippen molar-refractivity contribution in [2.45, 2.75) is 40.3 Å². The predicted octanol–water partition coefficient (Wildman–Crippen LogP) is 4.78. The van der Waals surface area contributed by atoms with Crippen molar-refractivity contribution in [2.24, 2.45) is 0 Å². The van der Waals surface area contributed by atoms with Gasteiger partial charge in [-0.25, -0.2) is 14.4 Å². The molecule has 0 unspecified atom stereocenters. The number of fused-ring (bicyclic) bond motifs is 1. The molecule has 0 saturated carbocycles. The molecule has 4 aromatic rings. The van der Waals surface area contributed by atoms with Crippen molar-refractivity contribution in [3.63, 3.8) is 0 Å². The Balaban J connectivity index is 1.60. The quantitative estimate of drug-likeness (QED) is 0.314. The first-order valence-corrected chi connectivity index (χ1v) is 12.6. The van der Waals surface area contributed by atoms with E-state index in [4.69, 9.17) is 24.0 Å². The van der Waals surface area contributed by atoms with Crippen LogP contribution in [0, 0.1) is 26.6 Å². The second kappa shape index (κ2) is 10.7. The van der Waals surface area contributed by atoms with Gasteiger partial charge in [0, 0.05) is 12.1 Å². The number of aryl methyl sites for hydroxylation is 2. The maximum absolute atomic E-state index is 15.2. The fourth-order valence-corrected chi connectivity index (χ4v) is 4.70. The minimum Gasteiger partial charge on any atom is -0.495 e. The molecular weight excluding hydrogens is 487 g/mol. The highest BCUT2D eigenvalue weighted by molar-refractivity contribution is 5.75. The van der Waals surface area contributed by atoms with Gasteiger partial charge in [-0.3, -0.25) is 4.98 Å². The van der Waals surface area contributed by atoms with Crippen molar-refractivity contribution in [3.05, 3.63) is 64.6 Å². The van der Waals surface area contributed by atoms with E-state index < -0.39 is 5.82 Å². The molecule has 9 nitrogen and oxygen atoms in total. The molecule has 0 fully saturated rings. The Morgan fingerprint density at radius 1 is 1.11 bits per heavy atom. The summed E-state index contributed by atoms with van der Waals surface area (Å²) in [5.41, 5.74) is 5.27. The van der Waals surface area contributed by atoms with Crippen molar-refractivity contribution in [3.8, 4) is 34.1 Å². The van der Waals surface area contributed by atoms with Crippen molar-refractivity contribution < 1.29 is 18.4 Å². The van der Waals surface area contributed by atoms with E-state index in [0.717, 1.165) is 35.3 Å². The lowest BCUT2D eigenvalue weighted by Gasteiger charge is -2.21. The number of benzene rings is 1. The van der Waals surface area contributed by atoms with Crippen LogP contribution in [0.4, 0.5) is 10.2 Å². The molecule has 0 atom stereocenters. The van der Waals surface area contributed by atoms with Gasteiger partial charge in [0.05, 0.1) is 54.7 Å². The van der Waals surface area contributed by atoms with E-state index in [1.54, 1.807) is 25.4 Å². The first-order chi connectivity index (χ1) is 18.4. The third kappa shape index (κ3) is 4.91. The molecule has 1 aliphatic rings. The van der Waals surface area contributed by atoms with Crippen LogP contribution in [-0.2, 0) is 13.1 Å². The molecular formula is C28H31FN6O3. The summed E-state index contributed by atoms with van der Waals surface area (Å²) in [5.74, 6) is 2.44. The van der Waals surface area contributed by atoms with E-state index >= 15 is 4.39 Å². The van der Waals surface area contributed by atoms with Gasteiger partial charge in [-0.05, 0) is 70.6 Å². The minimum absolute atomic E-state index is 0.264. The molecule has 0 saturated heterocycles. The van der Waals surface area contributed by atoms with E-state index in [1.165, 1.54) is 6.07 Å². The zero-order valence-electron chi connectivity index (χ0n) is 22.3. The van der Waals surface area contributed by atoms with Crippen LogP contribution in [0.3, 0.4) is 0 Å². The molecule has 0 amide bonds. The normalized spacial score (nSPS) is 12.6. The average Bonchev–Trinajstić information content (AvgIpc) is 3.49. The number of nitrogens with one attached hydrogen (secondary N) is 1. The highest BCUT2D eigenvalue weighted by Gasteiger charge is 2.28. The van der Waals surface area contributed by atoms with Crippen LogP contribution in [0.25, 0.3) is 22.6 Å². The number of nitrogens with zero attached hydrogens (tertiary/aromatic N) is 5. The third-order valence-corrected chi connectivity index (χ3v) is 6.68. The van der Waals surface area contributed by atoms with Crippen LogP contribution in [0.15, 0.2) is 35.0 Å². The summed E-state index contributed by atoms with van der Waals surface area (Å²) in [7, 11) is 3.52. The Bertz CT molecular complexity index is 1450. The first kappa shape index (κ1) is 25.6. The zero-order valence-corrected chi connectivity index (χ0v) is 22.3. The lowest BCUT2D eigenvalue weighted by Crippen LogP contribution is -2.19. The number of pyridine rings is 1. The number of methoxy groups -OCH3 is 1. The summed E-state index contributed by atoms with van der Waals surface area (Å²) in [6.45, 7) is 8.18. The second-order valence-corrected chi connectivity index (χ2v) is 9.33. The van der Waals surface area contributed by atoms with E-state index in [0.29, 0.717) is 54.2 Å². The maximum Gasteiger partial charge on any atom is 0.165 e. The summed E-state index contributed by atoms with van der Waals surface area (Å²) in [6, 6.07) is 6.66. The number of ether oxygens (including phenoxy) is 2. The molecule has 1 N–H and O–H groups in total.